The third kappa shape index (κ3) is 1.17. The van der Waals surface area contributed by atoms with Gasteiger partial charge in [-0.05, 0) is 25.5 Å². The van der Waals surface area contributed by atoms with Crippen molar-refractivity contribution in [1.82, 2.24) is 0 Å². The molecule has 0 aromatic rings. The Morgan fingerprint density at radius 3 is 2.75 bits per heavy atom. The molecule has 1 aliphatic rings. The van der Waals surface area contributed by atoms with E-state index in [1.165, 1.54) is 18.6 Å². The second kappa shape index (κ2) is 2.28. The minimum Gasteiger partial charge on any atom is -0.395 e. The van der Waals surface area contributed by atoms with E-state index < -0.39 is 0 Å². The van der Waals surface area contributed by atoms with Crippen LogP contribution in [0, 0.1) is 0 Å². The van der Waals surface area contributed by atoms with Crippen molar-refractivity contribution >= 4 is 11.8 Å². The maximum atomic E-state index is 8.80. The molecule has 2 heteroatoms. The highest BCUT2D eigenvalue weighted by Crippen LogP contribution is 2.36. The molecular formula is C6H12OS. The third-order valence-electron chi connectivity index (χ3n) is 1.63. The molecule has 1 heterocycles. The van der Waals surface area contributed by atoms with Gasteiger partial charge in [-0.25, -0.2) is 0 Å². The molecule has 0 amide bonds. The summed E-state index contributed by atoms with van der Waals surface area (Å²) in [4.78, 5) is 0. The minimum absolute atomic E-state index is 0.208. The van der Waals surface area contributed by atoms with Crippen LogP contribution >= 0.6 is 11.8 Å². The summed E-state index contributed by atoms with van der Waals surface area (Å²) >= 11 is 1.89. The molecule has 0 saturated carbocycles. The lowest BCUT2D eigenvalue weighted by Crippen LogP contribution is -2.20. The average molecular weight is 132 g/mol. The largest absolute Gasteiger partial charge is 0.395 e. The lowest BCUT2D eigenvalue weighted by atomic mass is 10.1. The Morgan fingerprint density at radius 1 is 1.75 bits per heavy atom. The van der Waals surface area contributed by atoms with Gasteiger partial charge in [-0.1, -0.05) is 0 Å². The van der Waals surface area contributed by atoms with E-state index in [1.807, 2.05) is 11.8 Å². The highest BCUT2D eigenvalue weighted by atomic mass is 32.2. The Bertz CT molecular complexity index is 76.6. The fraction of sp³-hybridized carbons (Fsp3) is 1.00. The monoisotopic (exact) mass is 132 g/mol. The van der Waals surface area contributed by atoms with E-state index in [9.17, 15) is 0 Å². The van der Waals surface area contributed by atoms with Crippen LogP contribution in [-0.4, -0.2) is 22.2 Å². The van der Waals surface area contributed by atoms with Gasteiger partial charge in [0.1, 0.15) is 0 Å². The van der Waals surface area contributed by atoms with Crippen LogP contribution < -0.4 is 0 Å². The van der Waals surface area contributed by atoms with Crippen molar-refractivity contribution in [2.75, 3.05) is 12.4 Å². The molecule has 0 radical (unpaired) electrons. The molecular weight excluding hydrogens is 120 g/mol. The predicted molar refractivity (Wildman–Crippen MR) is 37.2 cm³/mol. The van der Waals surface area contributed by atoms with Gasteiger partial charge in [0.05, 0.1) is 6.61 Å². The molecule has 1 fully saturated rings. The molecule has 1 N–H and O–H groups in total. The maximum absolute atomic E-state index is 8.80. The Kier molecular flexibility index (Phi) is 1.83. The van der Waals surface area contributed by atoms with E-state index in [1.54, 1.807) is 0 Å². The minimum atomic E-state index is 0.208. The molecule has 0 bridgehead atoms. The van der Waals surface area contributed by atoms with Gasteiger partial charge in [-0.15, -0.1) is 0 Å². The molecule has 1 aliphatic heterocycles. The standard InChI is InChI=1S/C6H12OS/c1-6(5-7)3-2-4-8-6/h7H,2-5H2,1H3. The van der Waals surface area contributed by atoms with Crippen molar-refractivity contribution in [3.8, 4) is 0 Å². The van der Waals surface area contributed by atoms with Gasteiger partial charge in [0.15, 0.2) is 0 Å². The second-order valence-corrected chi connectivity index (χ2v) is 4.24. The quantitative estimate of drug-likeness (QED) is 0.579. The van der Waals surface area contributed by atoms with Crippen LogP contribution in [-0.2, 0) is 0 Å². The van der Waals surface area contributed by atoms with E-state index in [0.29, 0.717) is 6.61 Å². The lowest BCUT2D eigenvalue weighted by Gasteiger charge is -2.17. The van der Waals surface area contributed by atoms with Gasteiger partial charge in [0, 0.05) is 4.75 Å². The van der Waals surface area contributed by atoms with Crippen LogP contribution in [0.1, 0.15) is 19.8 Å². The number of aliphatic hydroxyl groups excluding tert-OH is 1. The van der Waals surface area contributed by atoms with Crippen molar-refractivity contribution in [3.63, 3.8) is 0 Å². The van der Waals surface area contributed by atoms with E-state index >= 15 is 0 Å². The van der Waals surface area contributed by atoms with Gasteiger partial charge in [0.2, 0.25) is 0 Å². The Labute approximate surface area is 54.5 Å². The molecule has 1 saturated heterocycles. The zero-order valence-electron chi connectivity index (χ0n) is 5.18. The number of rotatable bonds is 1. The molecule has 1 unspecified atom stereocenters. The Morgan fingerprint density at radius 2 is 2.50 bits per heavy atom. The number of hydrogen-bond acceptors (Lipinski definition) is 2. The molecule has 8 heavy (non-hydrogen) atoms. The molecule has 1 nitrogen and oxygen atoms in total. The SMILES string of the molecule is CC1(CO)CCCS1. The fourth-order valence-corrected chi connectivity index (χ4v) is 2.12. The molecule has 1 rings (SSSR count). The highest BCUT2D eigenvalue weighted by molar-refractivity contribution is 8.00. The molecule has 0 spiro atoms. The Balaban J connectivity index is 2.40. The van der Waals surface area contributed by atoms with Crippen LogP contribution in [0.2, 0.25) is 0 Å². The summed E-state index contributed by atoms with van der Waals surface area (Å²) in [6.07, 6.45) is 2.47. The first kappa shape index (κ1) is 6.43. The van der Waals surface area contributed by atoms with Gasteiger partial charge in [0.25, 0.3) is 0 Å². The molecule has 0 aliphatic carbocycles. The van der Waals surface area contributed by atoms with Gasteiger partial charge < -0.3 is 5.11 Å². The van der Waals surface area contributed by atoms with E-state index in [2.05, 4.69) is 6.92 Å². The third-order valence-corrected chi connectivity index (χ3v) is 3.16. The summed E-state index contributed by atoms with van der Waals surface area (Å²) in [5.41, 5.74) is 0. The van der Waals surface area contributed by atoms with Gasteiger partial charge >= 0.3 is 0 Å². The van der Waals surface area contributed by atoms with E-state index in [4.69, 9.17) is 5.11 Å². The number of thioether (sulfide) groups is 1. The van der Waals surface area contributed by atoms with Crippen LogP contribution in [0.5, 0.6) is 0 Å². The second-order valence-electron chi connectivity index (χ2n) is 2.56. The van der Waals surface area contributed by atoms with Crippen molar-refractivity contribution in [2.45, 2.75) is 24.5 Å². The summed E-state index contributed by atoms with van der Waals surface area (Å²) in [6.45, 7) is 2.47. The first-order valence-corrected chi connectivity index (χ1v) is 4.00. The van der Waals surface area contributed by atoms with E-state index in [-0.39, 0.29) is 4.75 Å². The fourth-order valence-electron chi connectivity index (χ4n) is 0.962. The van der Waals surface area contributed by atoms with Gasteiger partial charge in [-0.3, -0.25) is 0 Å². The first-order valence-electron chi connectivity index (χ1n) is 3.02. The van der Waals surface area contributed by atoms with Crippen LogP contribution in [0.4, 0.5) is 0 Å². The molecule has 0 aromatic carbocycles. The van der Waals surface area contributed by atoms with Crippen LogP contribution in [0.3, 0.4) is 0 Å². The van der Waals surface area contributed by atoms with Crippen LogP contribution in [0.15, 0.2) is 0 Å². The zero-order valence-corrected chi connectivity index (χ0v) is 6.00. The van der Waals surface area contributed by atoms with Crippen molar-refractivity contribution in [1.29, 1.82) is 0 Å². The smallest absolute Gasteiger partial charge is 0.0575 e. The molecule has 48 valence electrons. The van der Waals surface area contributed by atoms with Crippen molar-refractivity contribution in [2.24, 2.45) is 0 Å². The highest BCUT2D eigenvalue weighted by Gasteiger charge is 2.27. The van der Waals surface area contributed by atoms with Crippen molar-refractivity contribution in [3.05, 3.63) is 0 Å². The topological polar surface area (TPSA) is 20.2 Å². The summed E-state index contributed by atoms with van der Waals surface area (Å²) < 4.78 is 0.208. The normalized spacial score (nSPS) is 38.2. The summed E-state index contributed by atoms with van der Waals surface area (Å²) in [5, 5.41) is 8.80. The zero-order chi connectivity index (χ0) is 6.04. The van der Waals surface area contributed by atoms with Crippen molar-refractivity contribution < 1.29 is 5.11 Å². The number of aliphatic hydroxyl groups is 1. The predicted octanol–water partition coefficient (Wildman–Crippen LogP) is 1.26. The molecule has 0 aromatic heterocycles. The van der Waals surface area contributed by atoms with Gasteiger partial charge in [-0.2, -0.15) is 11.8 Å². The van der Waals surface area contributed by atoms with Crippen LogP contribution in [0.25, 0.3) is 0 Å². The summed E-state index contributed by atoms with van der Waals surface area (Å²) in [6, 6.07) is 0. The Hall–Kier alpha value is 0.310. The first-order chi connectivity index (χ1) is 3.77. The molecule has 1 atom stereocenters. The number of hydrogen-bond donors (Lipinski definition) is 1. The maximum Gasteiger partial charge on any atom is 0.0575 e. The lowest BCUT2D eigenvalue weighted by molar-refractivity contribution is 0.253. The summed E-state index contributed by atoms with van der Waals surface area (Å²) in [7, 11) is 0. The van der Waals surface area contributed by atoms with E-state index in [0.717, 1.165) is 0 Å². The summed E-state index contributed by atoms with van der Waals surface area (Å²) in [5.74, 6) is 1.23. The average Bonchev–Trinajstić information content (AvgIpc) is 2.17.